The van der Waals surface area contributed by atoms with Gasteiger partial charge in [-0.1, -0.05) is 15.9 Å². The normalized spacial score (nSPS) is 11.4. The highest BCUT2D eigenvalue weighted by Gasteiger charge is 2.09. The van der Waals surface area contributed by atoms with E-state index in [9.17, 15) is 5.11 Å². The van der Waals surface area contributed by atoms with Gasteiger partial charge in [0.05, 0.1) is 5.69 Å². The second-order valence-electron chi connectivity index (χ2n) is 6.57. The first kappa shape index (κ1) is 18.3. The van der Waals surface area contributed by atoms with Crippen LogP contribution in [0.5, 0.6) is 5.75 Å². The smallest absolute Gasteiger partial charge is 0.227 e. The summed E-state index contributed by atoms with van der Waals surface area (Å²) >= 11 is 3.39. The predicted molar refractivity (Wildman–Crippen MR) is 117 cm³/mol. The van der Waals surface area contributed by atoms with Gasteiger partial charge in [0.25, 0.3) is 0 Å². The number of oxazole rings is 1. The number of phenols is 1. The van der Waals surface area contributed by atoms with Crippen molar-refractivity contribution in [1.29, 1.82) is 0 Å². The van der Waals surface area contributed by atoms with Gasteiger partial charge in [0, 0.05) is 41.6 Å². The zero-order valence-corrected chi connectivity index (χ0v) is 17.0. The van der Waals surface area contributed by atoms with Crippen molar-refractivity contribution in [3.05, 3.63) is 70.7 Å². The number of anilines is 1. The number of phenolic OH excluding ortho intramolecular Hbond substituents is 1. The van der Waals surface area contributed by atoms with Crippen LogP contribution in [0.15, 0.2) is 74.5 Å². The summed E-state index contributed by atoms with van der Waals surface area (Å²) in [5, 5.41) is 9.93. The van der Waals surface area contributed by atoms with Gasteiger partial charge >= 0.3 is 0 Å². The molecule has 0 fully saturated rings. The van der Waals surface area contributed by atoms with Crippen molar-refractivity contribution in [2.45, 2.75) is 0 Å². The molecule has 6 heteroatoms. The van der Waals surface area contributed by atoms with Crippen LogP contribution in [0.1, 0.15) is 5.56 Å². The minimum absolute atomic E-state index is 0.179. The third kappa shape index (κ3) is 3.77. The van der Waals surface area contributed by atoms with Gasteiger partial charge in [0.15, 0.2) is 5.58 Å². The second kappa shape index (κ2) is 7.48. The molecule has 1 aromatic heterocycles. The third-order valence-electron chi connectivity index (χ3n) is 4.34. The maximum absolute atomic E-state index is 9.93. The average Bonchev–Trinajstić information content (AvgIpc) is 3.12. The zero-order valence-electron chi connectivity index (χ0n) is 15.4. The van der Waals surface area contributed by atoms with Gasteiger partial charge in [0.2, 0.25) is 5.89 Å². The second-order valence-corrected chi connectivity index (χ2v) is 7.49. The number of aromatic nitrogens is 1. The van der Waals surface area contributed by atoms with Gasteiger partial charge in [0.1, 0.15) is 11.3 Å². The van der Waals surface area contributed by atoms with E-state index in [-0.39, 0.29) is 5.75 Å². The largest absolute Gasteiger partial charge is 0.507 e. The van der Waals surface area contributed by atoms with E-state index in [1.165, 1.54) is 0 Å². The van der Waals surface area contributed by atoms with Crippen LogP contribution in [-0.2, 0) is 0 Å². The lowest BCUT2D eigenvalue weighted by Crippen LogP contribution is -2.07. The molecule has 4 aromatic rings. The van der Waals surface area contributed by atoms with E-state index in [1.54, 1.807) is 18.3 Å². The molecule has 0 atom stereocenters. The number of benzene rings is 3. The lowest BCUT2D eigenvalue weighted by atomic mass is 10.2. The van der Waals surface area contributed by atoms with Crippen LogP contribution in [0.3, 0.4) is 0 Å². The first-order valence-corrected chi connectivity index (χ1v) is 9.50. The van der Waals surface area contributed by atoms with E-state index in [2.05, 4.69) is 25.9 Å². The van der Waals surface area contributed by atoms with Crippen LogP contribution in [0.2, 0.25) is 0 Å². The molecule has 140 valence electrons. The first-order valence-electron chi connectivity index (χ1n) is 8.70. The van der Waals surface area contributed by atoms with Gasteiger partial charge in [-0.3, -0.25) is 4.99 Å². The van der Waals surface area contributed by atoms with E-state index < -0.39 is 0 Å². The summed E-state index contributed by atoms with van der Waals surface area (Å²) in [4.78, 5) is 11.1. The van der Waals surface area contributed by atoms with Crippen molar-refractivity contribution >= 4 is 44.6 Å². The van der Waals surface area contributed by atoms with E-state index in [0.29, 0.717) is 17.0 Å². The molecule has 0 unspecified atom stereocenters. The number of fused-ring (bicyclic) bond motifs is 1. The summed E-state index contributed by atoms with van der Waals surface area (Å²) in [6.45, 7) is 0. The molecule has 0 saturated heterocycles. The fourth-order valence-electron chi connectivity index (χ4n) is 2.79. The van der Waals surface area contributed by atoms with Crippen molar-refractivity contribution in [1.82, 2.24) is 4.98 Å². The minimum atomic E-state index is 0.179. The molecule has 0 amide bonds. The Morgan fingerprint density at radius 1 is 1.04 bits per heavy atom. The molecule has 1 heterocycles. The molecule has 0 radical (unpaired) electrons. The van der Waals surface area contributed by atoms with Crippen LogP contribution in [0.25, 0.3) is 22.6 Å². The highest BCUT2D eigenvalue weighted by Crippen LogP contribution is 2.28. The van der Waals surface area contributed by atoms with Gasteiger partial charge in [-0.2, -0.15) is 0 Å². The van der Waals surface area contributed by atoms with Crippen molar-refractivity contribution in [3.63, 3.8) is 0 Å². The fraction of sp³-hybridized carbons (Fsp3) is 0.0909. The lowest BCUT2D eigenvalue weighted by molar-refractivity contribution is 0.474. The first-order chi connectivity index (χ1) is 13.5. The van der Waals surface area contributed by atoms with Crippen LogP contribution >= 0.6 is 15.9 Å². The van der Waals surface area contributed by atoms with Crippen molar-refractivity contribution < 1.29 is 9.52 Å². The molecule has 0 aliphatic heterocycles. The van der Waals surface area contributed by atoms with Crippen molar-refractivity contribution in [2.75, 3.05) is 19.0 Å². The maximum atomic E-state index is 9.93. The Labute approximate surface area is 171 Å². The molecule has 5 nitrogen and oxygen atoms in total. The average molecular weight is 436 g/mol. The van der Waals surface area contributed by atoms with Crippen LogP contribution in [-0.4, -0.2) is 30.4 Å². The molecule has 28 heavy (non-hydrogen) atoms. The Balaban J connectivity index is 1.63. The minimum Gasteiger partial charge on any atom is -0.507 e. The number of halogens is 1. The van der Waals surface area contributed by atoms with E-state index in [4.69, 9.17) is 4.42 Å². The summed E-state index contributed by atoms with van der Waals surface area (Å²) < 4.78 is 6.76. The number of hydrogen-bond acceptors (Lipinski definition) is 5. The molecule has 0 aliphatic rings. The van der Waals surface area contributed by atoms with E-state index >= 15 is 0 Å². The highest BCUT2D eigenvalue weighted by atomic mass is 79.9. The summed E-state index contributed by atoms with van der Waals surface area (Å²) in [6, 6.07) is 18.8. The Kier molecular flexibility index (Phi) is 4.88. The number of aromatic hydroxyl groups is 1. The Hall–Kier alpha value is -3.12. The summed E-state index contributed by atoms with van der Waals surface area (Å²) in [5.74, 6) is 0.754. The molecule has 0 bridgehead atoms. The third-order valence-corrected chi connectivity index (χ3v) is 4.84. The standard InChI is InChI=1S/C22H18BrN3O2/c1-26(2)18-7-3-14(4-8-18)22-25-19-12-17(6-10-21(19)28-22)24-13-15-11-16(23)5-9-20(15)27/h3-13,27H,1-2H3. The monoisotopic (exact) mass is 435 g/mol. The lowest BCUT2D eigenvalue weighted by Gasteiger charge is -2.11. The van der Waals surface area contributed by atoms with Gasteiger partial charge in [-0.05, 0) is 60.7 Å². The van der Waals surface area contributed by atoms with E-state index in [1.807, 2.05) is 67.5 Å². The summed E-state index contributed by atoms with van der Waals surface area (Å²) in [7, 11) is 4.01. The Bertz CT molecular complexity index is 1160. The molecule has 4 rings (SSSR count). The molecule has 0 saturated carbocycles. The van der Waals surface area contributed by atoms with Gasteiger partial charge in [-0.25, -0.2) is 4.98 Å². The SMILES string of the molecule is CN(C)c1ccc(-c2nc3cc(N=Cc4cc(Br)ccc4O)ccc3o2)cc1. The van der Waals surface area contributed by atoms with Gasteiger partial charge < -0.3 is 14.4 Å². The van der Waals surface area contributed by atoms with E-state index in [0.717, 1.165) is 26.9 Å². The molecular weight excluding hydrogens is 418 g/mol. The van der Waals surface area contributed by atoms with Crippen molar-refractivity contribution in [2.24, 2.45) is 4.99 Å². The maximum Gasteiger partial charge on any atom is 0.227 e. The van der Waals surface area contributed by atoms with Crippen molar-refractivity contribution in [3.8, 4) is 17.2 Å². The van der Waals surface area contributed by atoms with Crippen LogP contribution in [0, 0.1) is 0 Å². The molecular formula is C22H18BrN3O2. The molecule has 0 spiro atoms. The quantitative estimate of drug-likeness (QED) is 0.412. The molecule has 3 aromatic carbocycles. The highest BCUT2D eigenvalue weighted by molar-refractivity contribution is 9.10. The predicted octanol–water partition coefficient (Wildman–Crippen LogP) is 5.78. The van der Waals surface area contributed by atoms with Crippen LogP contribution < -0.4 is 4.90 Å². The summed E-state index contributed by atoms with van der Waals surface area (Å²) in [6.07, 6.45) is 1.63. The zero-order chi connectivity index (χ0) is 19.7. The number of aliphatic imine (C=N–C) groups is 1. The topological polar surface area (TPSA) is 61.9 Å². The Morgan fingerprint density at radius 3 is 2.57 bits per heavy atom. The fourth-order valence-corrected chi connectivity index (χ4v) is 3.17. The number of hydrogen-bond donors (Lipinski definition) is 1. The van der Waals surface area contributed by atoms with Crippen LogP contribution in [0.4, 0.5) is 11.4 Å². The molecule has 0 aliphatic carbocycles. The summed E-state index contributed by atoms with van der Waals surface area (Å²) in [5.41, 5.74) is 4.85. The number of rotatable bonds is 4. The Morgan fingerprint density at radius 2 is 1.82 bits per heavy atom. The number of nitrogens with zero attached hydrogens (tertiary/aromatic N) is 3. The molecule has 1 N–H and O–H groups in total. The van der Waals surface area contributed by atoms with Gasteiger partial charge in [-0.15, -0.1) is 0 Å².